The third-order valence-corrected chi connectivity index (χ3v) is 2.31. The van der Waals surface area contributed by atoms with Crippen molar-refractivity contribution >= 4 is 0 Å². The Bertz CT molecular complexity index is 227. The lowest BCUT2D eigenvalue weighted by atomic mass is 10.2. The fourth-order valence-corrected chi connectivity index (χ4v) is 1.60. The monoisotopic (exact) mass is 181 g/mol. The van der Waals surface area contributed by atoms with Gasteiger partial charge in [0.25, 0.3) is 0 Å². The van der Waals surface area contributed by atoms with Gasteiger partial charge in [0.1, 0.15) is 12.4 Å². The number of hydrogen-bond donors (Lipinski definition) is 1. The smallest absolute Gasteiger partial charge is 0.129 e. The van der Waals surface area contributed by atoms with E-state index in [1.54, 1.807) is 6.26 Å². The summed E-state index contributed by atoms with van der Waals surface area (Å²) in [6, 6.07) is 4.36. The zero-order valence-electron chi connectivity index (χ0n) is 7.66. The zero-order chi connectivity index (χ0) is 8.93. The number of rotatable bonds is 4. The fourth-order valence-electron chi connectivity index (χ4n) is 1.60. The molecule has 2 heterocycles. The number of nitrogens with one attached hydrogen (secondary N) is 1. The molecule has 1 aromatic rings. The average molecular weight is 181 g/mol. The van der Waals surface area contributed by atoms with Crippen LogP contribution in [0, 0.1) is 0 Å². The van der Waals surface area contributed by atoms with Crippen molar-refractivity contribution in [1.29, 1.82) is 0 Å². The van der Waals surface area contributed by atoms with E-state index in [4.69, 9.17) is 9.15 Å². The Balaban J connectivity index is 1.63. The molecule has 0 aromatic carbocycles. The molecule has 1 aliphatic heterocycles. The summed E-state index contributed by atoms with van der Waals surface area (Å²) in [7, 11) is 0. The number of ether oxygens (including phenoxy) is 1. The van der Waals surface area contributed by atoms with Crippen LogP contribution in [0.3, 0.4) is 0 Å². The van der Waals surface area contributed by atoms with Crippen LogP contribution in [0.1, 0.15) is 18.6 Å². The van der Waals surface area contributed by atoms with Gasteiger partial charge < -0.3 is 14.5 Å². The third kappa shape index (κ3) is 2.57. The normalized spacial score (nSPS) is 22.3. The van der Waals surface area contributed by atoms with Crippen LogP contribution >= 0.6 is 0 Å². The van der Waals surface area contributed by atoms with Gasteiger partial charge in [0.2, 0.25) is 0 Å². The van der Waals surface area contributed by atoms with Gasteiger partial charge in [-0.05, 0) is 31.5 Å². The van der Waals surface area contributed by atoms with Crippen molar-refractivity contribution in [3.05, 3.63) is 24.2 Å². The molecule has 0 aliphatic carbocycles. The van der Waals surface area contributed by atoms with E-state index >= 15 is 0 Å². The molecule has 13 heavy (non-hydrogen) atoms. The highest BCUT2D eigenvalue weighted by molar-refractivity contribution is 4.96. The molecular formula is C10H15NO2. The molecule has 0 bridgehead atoms. The molecule has 0 amide bonds. The van der Waals surface area contributed by atoms with Crippen molar-refractivity contribution in [3.63, 3.8) is 0 Å². The van der Waals surface area contributed by atoms with Crippen LogP contribution in [0.25, 0.3) is 0 Å². The zero-order valence-corrected chi connectivity index (χ0v) is 7.66. The van der Waals surface area contributed by atoms with Crippen LogP contribution in [0.2, 0.25) is 0 Å². The topological polar surface area (TPSA) is 34.4 Å². The maximum atomic E-state index is 5.51. The maximum Gasteiger partial charge on any atom is 0.129 e. The molecule has 3 nitrogen and oxygen atoms in total. The second kappa shape index (κ2) is 4.44. The summed E-state index contributed by atoms with van der Waals surface area (Å²) >= 11 is 0. The minimum Gasteiger partial charge on any atom is -0.467 e. The lowest BCUT2D eigenvalue weighted by Crippen LogP contribution is -2.26. The number of furan rings is 1. The standard InChI is InChI=1S/C10H15NO2/c1-3-9(11-5-1)7-12-8-10-4-2-6-13-10/h2,4,6,9,11H,1,3,5,7-8H2. The Morgan fingerprint density at radius 2 is 2.62 bits per heavy atom. The van der Waals surface area contributed by atoms with Crippen molar-refractivity contribution < 1.29 is 9.15 Å². The summed E-state index contributed by atoms with van der Waals surface area (Å²) in [5.41, 5.74) is 0. The molecule has 1 atom stereocenters. The summed E-state index contributed by atoms with van der Waals surface area (Å²) in [6.45, 7) is 2.51. The van der Waals surface area contributed by atoms with Crippen LogP contribution in [0.15, 0.2) is 22.8 Å². The molecule has 1 aliphatic rings. The largest absolute Gasteiger partial charge is 0.467 e. The Hall–Kier alpha value is -0.800. The lowest BCUT2D eigenvalue weighted by Gasteiger charge is -2.09. The van der Waals surface area contributed by atoms with Crippen LogP contribution in [-0.4, -0.2) is 19.2 Å². The molecule has 1 aromatic heterocycles. The van der Waals surface area contributed by atoms with Gasteiger partial charge in [-0.15, -0.1) is 0 Å². The molecule has 0 saturated carbocycles. The number of hydrogen-bond acceptors (Lipinski definition) is 3. The van der Waals surface area contributed by atoms with E-state index in [-0.39, 0.29) is 0 Å². The fraction of sp³-hybridized carbons (Fsp3) is 0.600. The van der Waals surface area contributed by atoms with Gasteiger partial charge in [-0.2, -0.15) is 0 Å². The first kappa shape index (κ1) is 8.78. The van der Waals surface area contributed by atoms with E-state index in [9.17, 15) is 0 Å². The Morgan fingerprint density at radius 1 is 1.62 bits per heavy atom. The molecule has 1 saturated heterocycles. The SMILES string of the molecule is c1coc(COCC2CCCN2)c1. The minimum atomic E-state index is 0.551. The van der Waals surface area contributed by atoms with E-state index in [0.717, 1.165) is 18.9 Å². The molecule has 0 spiro atoms. The van der Waals surface area contributed by atoms with E-state index in [2.05, 4.69) is 5.32 Å². The van der Waals surface area contributed by atoms with Gasteiger partial charge in [0.15, 0.2) is 0 Å². The van der Waals surface area contributed by atoms with Crippen molar-refractivity contribution in [2.75, 3.05) is 13.2 Å². The van der Waals surface area contributed by atoms with Crippen LogP contribution in [-0.2, 0) is 11.3 Å². The predicted octanol–water partition coefficient (Wildman–Crippen LogP) is 1.55. The van der Waals surface area contributed by atoms with E-state index in [0.29, 0.717) is 12.6 Å². The highest BCUT2D eigenvalue weighted by Crippen LogP contribution is 2.07. The third-order valence-electron chi connectivity index (χ3n) is 2.31. The first-order valence-corrected chi connectivity index (χ1v) is 4.78. The Kier molecular flexibility index (Phi) is 3.00. The highest BCUT2D eigenvalue weighted by Gasteiger charge is 2.13. The van der Waals surface area contributed by atoms with E-state index < -0.39 is 0 Å². The van der Waals surface area contributed by atoms with E-state index in [1.807, 2.05) is 12.1 Å². The van der Waals surface area contributed by atoms with Crippen molar-refractivity contribution in [3.8, 4) is 0 Å². The Morgan fingerprint density at radius 3 is 3.31 bits per heavy atom. The van der Waals surface area contributed by atoms with Gasteiger partial charge in [0.05, 0.1) is 12.9 Å². The second-order valence-corrected chi connectivity index (χ2v) is 3.39. The van der Waals surface area contributed by atoms with Crippen LogP contribution in [0.5, 0.6) is 0 Å². The Labute approximate surface area is 78.1 Å². The summed E-state index contributed by atoms with van der Waals surface area (Å²) in [5, 5.41) is 3.38. The predicted molar refractivity (Wildman–Crippen MR) is 49.4 cm³/mol. The second-order valence-electron chi connectivity index (χ2n) is 3.39. The van der Waals surface area contributed by atoms with Gasteiger partial charge in [-0.1, -0.05) is 0 Å². The molecule has 1 fully saturated rings. The lowest BCUT2D eigenvalue weighted by molar-refractivity contribution is 0.0904. The molecular weight excluding hydrogens is 166 g/mol. The van der Waals surface area contributed by atoms with Crippen LogP contribution < -0.4 is 5.32 Å². The van der Waals surface area contributed by atoms with E-state index in [1.165, 1.54) is 12.8 Å². The van der Waals surface area contributed by atoms with Gasteiger partial charge in [-0.3, -0.25) is 0 Å². The molecule has 2 rings (SSSR count). The summed E-state index contributed by atoms with van der Waals surface area (Å²) in [4.78, 5) is 0. The molecule has 3 heteroatoms. The first-order chi connectivity index (χ1) is 6.45. The summed E-state index contributed by atoms with van der Waals surface area (Å²) < 4.78 is 10.7. The highest BCUT2D eigenvalue weighted by atomic mass is 16.5. The molecule has 1 unspecified atom stereocenters. The van der Waals surface area contributed by atoms with Gasteiger partial charge in [-0.25, -0.2) is 0 Å². The van der Waals surface area contributed by atoms with Gasteiger partial charge in [0, 0.05) is 6.04 Å². The summed E-state index contributed by atoms with van der Waals surface area (Å²) in [6.07, 6.45) is 4.18. The molecule has 1 N–H and O–H groups in total. The minimum absolute atomic E-state index is 0.551. The molecule has 72 valence electrons. The van der Waals surface area contributed by atoms with Crippen molar-refractivity contribution in [2.45, 2.75) is 25.5 Å². The van der Waals surface area contributed by atoms with Crippen molar-refractivity contribution in [1.82, 2.24) is 5.32 Å². The first-order valence-electron chi connectivity index (χ1n) is 4.78. The summed E-state index contributed by atoms with van der Waals surface area (Å²) in [5.74, 6) is 0.901. The maximum absolute atomic E-state index is 5.51. The van der Waals surface area contributed by atoms with Crippen molar-refractivity contribution in [2.24, 2.45) is 0 Å². The quantitative estimate of drug-likeness (QED) is 0.765. The molecule has 0 radical (unpaired) electrons. The van der Waals surface area contributed by atoms with Crippen LogP contribution in [0.4, 0.5) is 0 Å². The average Bonchev–Trinajstić information content (AvgIpc) is 2.75. The van der Waals surface area contributed by atoms with Gasteiger partial charge >= 0.3 is 0 Å².